The number of carbonyl (C=O) groups is 5. The number of rotatable bonds is 3. The molecule has 16 N–H and O–H groups in total. The van der Waals surface area contributed by atoms with Crippen LogP contribution in [0, 0.1) is 0 Å². The van der Waals surface area contributed by atoms with Crippen molar-refractivity contribution in [3.05, 3.63) is 63.7 Å². The molecule has 26 nitrogen and oxygen atoms in total. The Morgan fingerprint density at radius 1 is 0.433 bits per heavy atom. The number of phenolic OH excluding ortho intramolecular Hbond substituents is 15. The van der Waals surface area contributed by atoms with Crippen LogP contribution < -0.4 is 0 Å². The van der Waals surface area contributed by atoms with E-state index in [1.54, 1.807) is 0 Å². The predicted molar refractivity (Wildman–Crippen MR) is 207 cm³/mol. The molecule has 0 spiro atoms. The van der Waals surface area contributed by atoms with Crippen molar-refractivity contribution in [2.45, 2.75) is 30.5 Å². The van der Waals surface area contributed by atoms with E-state index >= 15 is 0 Å². The minimum atomic E-state index is -2.79. The van der Waals surface area contributed by atoms with Crippen molar-refractivity contribution in [2.24, 2.45) is 0 Å². The third kappa shape index (κ3) is 6.57. The molecule has 4 bridgehead atoms. The van der Waals surface area contributed by atoms with E-state index in [-0.39, 0.29) is 0 Å². The molecule has 5 aromatic carbocycles. The van der Waals surface area contributed by atoms with E-state index in [1.807, 2.05) is 0 Å². The van der Waals surface area contributed by atoms with Gasteiger partial charge in [0.25, 0.3) is 0 Å². The lowest BCUT2D eigenvalue weighted by Crippen LogP contribution is -2.56. The van der Waals surface area contributed by atoms with Gasteiger partial charge < -0.3 is 105 Å². The first-order chi connectivity index (χ1) is 31.5. The maximum absolute atomic E-state index is 14.6. The summed E-state index contributed by atoms with van der Waals surface area (Å²) in [5.74, 6) is -29.6. The molecule has 26 heteroatoms. The standard InChI is InChI=1S/C41H28O26/c42-11-1-7(2-12(43)23(11)47)37(58)64-16-6-63-38(59)8-3-13(44)24(48)27(51)17(8)18-9(4-14(45)25(49)28(18)52)39(60)65-34(16)36-35-32(56)22-21(41(62)66-35)20(30(54)33(57)31(22)55)19-10(40(61)67-36)5-15(46)26(50)29(19)53/h1-5,16,32,34-36,42-57H,6H2/t16?,32-,34-,35+,36+/m1/s1. The molecular weight excluding hydrogens is 908 g/mol. The molecular formula is C41H28O26. The summed E-state index contributed by atoms with van der Waals surface area (Å²) in [5, 5.41) is 172. The van der Waals surface area contributed by atoms with Gasteiger partial charge in [-0.1, -0.05) is 0 Å². The molecule has 0 saturated heterocycles. The fraction of sp³-hybridized carbons (Fsp3) is 0.146. The largest absolute Gasteiger partial charge is 0.504 e. The molecule has 4 aliphatic heterocycles. The second-order valence-corrected chi connectivity index (χ2v) is 14.7. The number of aliphatic hydroxyl groups excluding tert-OH is 1. The number of aliphatic hydroxyl groups is 1. The normalized spacial score (nSPS) is 19.9. The Labute approximate surface area is 368 Å². The quantitative estimate of drug-likeness (QED) is 0.0689. The van der Waals surface area contributed by atoms with Gasteiger partial charge in [0, 0.05) is 27.8 Å². The highest BCUT2D eigenvalue weighted by atomic mass is 16.6. The van der Waals surface area contributed by atoms with Gasteiger partial charge in [0.2, 0.25) is 23.0 Å². The molecule has 67 heavy (non-hydrogen) atoms. The number of ether oxygens (including phenoxy) is 5. The van der Waals surface area contributed by atoms with Gasteiger partial charge in [-0.25, -0.2) is 24.0 Å². The maximum atomic E-state index is 14.6. The van der Waals surface area contributed by atoms with Crippen LogP contribution in [0.3, 0.4) is 0 Å². The van der Waals surface area contributed by atoms with Crippen LogP contribution in [0.4, 0.5) is 0 Å². The Balaban J connectivity index is 1.42. The van der Waals surface area contributed by atoms with Crippen molar-refractivity contribution >= 4 is 29.8 Å². The minimum absolute atomic E-state index is 0.331. The van der Waals surface area contributed by atoms with E-state index in [1.165, 1.54) is 0 Å². The van der Waals surface area contributed by atoms with Crippen molar-refractivity contribution in [3.8, 4) is 108 Å². The summed E-state index contributed by atoms with van der Waals surface area (Å²) < 4.78 is 27.6. The smallest absolute Gasteiger partial charge is 0.339 e. The van der Waals surface area contributed by atoms with Crippen LogP contribution in [0.15, 0.2) is 30.3 Å². The number of phenols is 15. The first-order valence-corrected chi connectivity index (χ1v) is 18.6. The Morgan fingerprint density at radius 3 is 1.33 bits per heavy atom. The average Bonchev–Trinajstić information content (AvgIpc) is 3.29. The second-order valence-electron chi connectivity index (χ2n) is 14.7. The summed E-state index contributed by atoms with van der Waals surface area (Å²) >= 11 is 0. The molecule has 0 saturated carbocycles. The van der Waals surface area contributed by atoms with Gasteiger partial charge in [-0.2, -0.15) is 0 Å². The zero-order valence-corrected chi connectivity index (χ0v) is 32.7. The lowest BCUT2D eigenvalue weighted by atomic mass is 9.82. The van der Waals surface area contributed by atoms with Crippen LogP contribution in [0.2, 0.25) is 0 Å². The number of carbonyl (C=O) groups excluding carboxylic acids is 5. The number of benzene rings is 5. The summed E-state index contributed by atoms with van der Waals surface area (Å²) in [6, 6.07) is 2.15. The monoisotopic (exact) mass is 936 g/mol. The van der Waals surface area contributed by atoms with Crippen LogP contribution in [-0.4, -0.2) is 143 Å². The maximum Gasteiger partial charge on any atom is 0.339 e. The van der Waals surface area contributed by atoms with Crippen molar-refractivity contribution in [2.75, 3.05) is 6.61 Å². The van der Waals surface area contributed by atoms with Crippen molar-refractivity contribution in [1.29, 1.82) is 0 Å². The molecule has 0 aromatic heterocycles. The zero-order chi connectivity index (χ0) is 49.0. The summed E-state index contributed by atoms with van der Waals surface area (Å²) in [6.45, 7) is -1.50. The fourth-order valence-electron chi connectivity index (χ4n) is 7.72. The molecule has 1 unspecified atom stereocenters. The third-order valence-corrected chi connectivity index (χ3v) is 10.9. The summed E-state index contributed by atoms with van der Waals surface area (Å²) in [6.07, 6.45) is -13.4. The van der Waals surface area contributed by atoms with E-state index in [0.29, 0.717) is 30.3 Å². The van der Waals surface area contributed by atoms with Crippen LogP contribution in [0.5, 0.6) is 86.2 Å². The molecule has 4 heterocycles. The molecule has 5 atom stereocenters. The van der Waals surface area contributed by atoms with Crippen molar-refractivity contribution in [1.82, 2.24) is 0 Å². The van der Waals surface area contributed by atoms with Crippen LogP contribution >= 0.6 is 0 Å². The number of esters is 5. The van der Waals surface area contributed by atoms with E-state index in [9.17, 15) is 106 Å². The summed E-state index contributed by atoms with van der Waals surface area (Å²) in [7, 11) is 0. The zero-order valence-electron chi connectivity index (χ0n) is 32.7. The minimum Gasteiger partial charge on any atom is -0.504 e. The van der Waals surface area contributed by atoms with E-state index < -0.39 is 209 Å². The molecule has 9 rings (SSSR count). The van der Waals surface area contributed by atoms with Crippen LogP contribution in [0.25, 0.3) is 22.3 Å². The molecule has 0 amide bonds. The Morgan fingerprint density at radius 2 is 0.836 bits per heavy atom. The Bertz CT molecular complexity index is 3060. The highest BCUT2D eigenvalue weighted by Crippen LogP contribution is 2.58. The Hall–Kier alpha value is -9.59. The van der Waals surface area contributed by atoms with Crippen molar-refractivity contribution in [3.63, 3.8) is 0 Å². The predicted octanol–water partition coefficient (Wildman–Crippen LogP) is 1.34. The number of hydrogen-bond donors (Lipinski definition) is 16. The average molecular weight is 937 g/mol. The third-order valence-electron chi connectivity index (χ3n) is 10.9. The molecule has 0 aliphatic carbocycles. The molecule has 0 radical (unpaired) electrons. The molecule has 5 aromatic rings. The summed E-state index contributed by atoms with van der Waals surface area (Å²) in [5.41, 5.74) is -11.0. The van der Waals surface area contributed by atoms with Gasteiger partial charge in [0.15, 0.2) is 87.7 Å². The fourth-order valence-corrected chi connectivity index (χ4v) is 7.72. The van der Waals surface area contributed by atoms with Gasteiger partial charge >= 0.3 is 29.8 Å². The SMILES string of the molecule is O=C(OC1COC(=O)c2cc(O)c(O)c(O)c2-c2c(cc(O)c(O)c2O)C(=O)O[C@H]1[C@@H]1OC(=O)c2cc(O)c(O)c(O)c2-c2c(O)c(O)c(O)c3c2C(=O)O[C@H]1[C@@H]3O)c1cc(O)c(O)c(O)c1. The summed E-state index contributed by atoms with van der Waals surface area (Å²) in [4.78, 5) is 70.9. The van der Waals surface area contributed by atoms with Gasteiger partial charge in [-0.15, -0.1) is 0 Å². The first kappa shape index (κ1) is 44.0. The van der Waals surface area contributed by atoms with Crippen LogP contribution in [-0.2, 0) is 23.7 Å². The number of aromatic hydroxyl groups is 15. The van der Waals surface area contributed by atoms with E-state index in [0.717, 1.165) is 0 Å². The highest BCUT2D eigenvalue weighted by molar-refractivity contribution is 6.11. The lowest BCUT2D eigenvalue weighted by molar-refractivity contribution is -0.154. The van der Waals surface area contributed by atoms with Gasteiger partial charge in [0.05, 0.1) is 27.8 Å². The lowest BCUT2D eigenvalue weighted by Gasteiger charge is -2.40. The van der Waals surface area contributed by atoms with Gasteiger partial charge in [-0.3, -0.25) is 0 Å². The molecule has 0 fully saturated rings. The number of fused-ring (bicyclic) bond motifs is 6. The molecule has 4 aliphatic rings. The number of hydrogen-bond acceptors (Lipinski definition) is 26. The Kier molecular flexibility index (Phi) is 10.1. The first-order valence-electron chi connectivity index (χ1n) is 18.6. The van der Waals surface area contributed by atoms with Crippen molar-refractivity contribution < 1.29 is 129 Å². The van der Waals surface area contributed by atoms with Crippen LogP contribution in [0.1, 0.15) is 63.5 Å². The molecule has 348 valence electrons. The van der Waals surface area contributed by atoms with Gasteiger partial charge in [-0.05, 0) is 30.3 Å². The van der Waals surface area contributed by atoms with E-state index in [4.69, 9.17) is 23.7 Å². The number of cyclic esters (lactones) is 2. The highest BCUT2D eigenvalue weighted by Gasteiger charge is 2.54. The van der Waals surface area contributed by atoms with Gasteiger partial charge in [0.1, 0.15) is 12.7 Å². The second kappa shape index (κ2) is 15.3. The topological polar surface area (TPSA) is 455 Å². The van der Waals surface area contributed by atoms with E-state index in [2.05, 4.69) is 0 Å².